The fourth-order valence-electron chi connectivity index (χ4n) is 0.673. The molecule has 0 saturated carbocycles. The van der Waals surface area contributed by atoms with E-state index in [1.54, 1.807) is 13.8 Å². The smallest absolute Gasteiger partial charge is 0.247 e. The van der Waals surface area contributed by atoms with Gasteiger partial charge >= 0.3 is 0 Å². The molecule has 0 aromatic carbocycles. The highest BCUT2D eigenvalue weighted by atomic mass is 16.1. The fraction of sp³-hybridized carbons (Fsp3) is 0.571. The van der Waals surface area contributed by atoms with E-state index in [9.17, 15) is 4.79 Å². The van der Waals surface area contributed by atoms with Crippen LogP contribution in [0.3, 0.4) is 0 Å². The molecule has 7 nitrogen and oxygen atoms in total. The van der Waals surface area contributed by atoms with Crippen molar-refractivity contribution in [3.05, 3.63) is 0 Å². The fourth-order valence-corrected chi connectivity index (χ4v) is 0.673. The van der Waals surface area contributed by atoms with Gasteiger partial charge in [-0.1, -0.05) is 6.92 Å². The first-order valence-corrected chi connectivity index (χ1v) is 4.24. The zero-order valence-electron chi connectivity index (χ0n) is 8.40. The minimum atomic E-state index is -0.324. The summed E-state index contributed by atoms with van der Waals surface area (Å²) in [5.74, 6) is 10.2. The number of hydrazone groups is 1. The third kappa shape index (κ3) is 3.40. The van der Waals surface area contributed by atoms with E-state index in [1.807, 2.05) is 0 Å². The second-order valence-corrected chi connectivity index (χ2v) is 2.48. The Kier molecular flexibility index (Phi) is 5.23. The molecular weight excluding hydrogens is 184 g/mol. The summed E-state index contributed by atoms with van der Waals surface area (Å²) in [6.07, 6.45) is 0.277. The average Bonchev–Trinajstić information content (AvgIpc) is 2.23. The van der Waals surface area contributed by atoms with Gasteiger partial charge in [0.2, 0.25) is 5.91 Å². The number of likely N-dealkylation sites (N-methyl/N-ethyl adjacent to an activating group) is 1. The molecule has 0 heterocycles. The van der Waals surface area contributed by atoms with Gasteiger partial charge in [0.15, 0.2) is 11.7 Å². The molecular formula is C7H16N6O. The molecule has 0 aliphatic carbocycles. The van der Waals surface area contributed by atoms with Gasteiger partial charge in [-0.3, -0.25) is 9.80 Å². The quantitative estimate of drug-likeness (QED) is 0.222. The number of carbonyl (C=O) groups excluding carboxylic acids is 1. The number of nitrogens with zero attached hydrogens (tertiary/aromatic N) is 3. The van der Waals surface area contributed by atoms with Crippen molar-refractivity contribution in [3.63, 3.8) is 0 Å². The van der Waals surface area contributed by atoms with Crippen molar-refractivity contribution in [2.45, 2.75) is 20.3 Å². The minimum absolute atomic E-state index is 0.0591. The highest BCUT2D eigenvalue weighted by molar-refractivity contribution is 6.40. The molecule has 0 fully saturated rings. The summed E-state index contributed by atoms with van der Waals surface area (Å²) < 4.78 is 0. The predicted molar refractivity (Wildman–Crippen MR) is 55.1 cm³/mol. The SMILES string of the molecule is CCC(=O)N=C(C(N)=NN)N(N)CC. The summed E-state index contributed by atoms with van der Waals surface area (Å²) in [4.78, 5) is 14.7. The molecule has 1 amide bonds. The lowest BCUT2D eigenvalue weighted by atomic mass is 10.4. The first kappa shape index (κ1) is 12.4. The lowest BCUT2D eigenvalue weighted by molar-refractivity contribution is -0.117. The molecule has 0 aliphatic heterocycles. The van der Waals surface area contributed by atoms with Crippen LogP contribution in [0.2, 0.25) is 0 Å². The van der Waals surface area contributed by atoms with Crippen LogP contribution in [-0.4, -0.2) is 29.1 Å². The number of rotatable bonds is 2. The van der Waals surface area contributed by atoms with Crippen LogP contribution in [0.4, 0.5) is 0 Å². The van der Waals surface area contributed by atoms with Gasteiger partial charge in [0.05, 0.1) is 0 Å². The van der Waals surface area contributed by atoms with Gasteiger partial charge in [0.25, 0.3) is 0 Å². The molecule has 0 unspecified atom stereocenters. The van der Waals surface area contributed by atoms with Crippen LogP contribution < -0.4 is 17.4 Å². The number of hydrogen-bond donors (Lipinski definition) is 3. The Morgan fingerprint density at radius 1 is 1.43 bits per heavy atom. The molecule has 0 radical (unpaired) electrons. The number of carbonyl (C=O) groups is 1. The summed E-state index contributed by atoms with van der Waals surface area (Å²) in [5.41, 5.74) is 5.42. The molecule has 0 aromatic rings. The van der Waals surface area contributed by atoms with Gasteiger partial charge in [-0.25, -0.2) is 5.84 Å². The Hall–Kier alpha value is -1.63. The summed E-state index contributed by atoms with van der Waals surface area (Å²) in [7, 11) is 0. The second kappa shape index (κ2) is 5.92. The van der Waals surface area contributed by atoms with Crippen molar-refractivity contribution in [1.82, 2.24) is 5.01 Å². The molecule has 0 saturated heterocycles. The first-order valence-electron chi connectivity index (χ1n) is 4.24. The monoisotopic (exact) mass is 200 g/mol. The number of nitrogens with two attached hydrogens (primary N) is 3. The Morgan fingerprint density at radius 2 is 2.00 bits per heavy atom. The van der Waals surface area contributed by atoms with Gasteiger partial charge in [0, 0.05) is 13.0 Å². The molecule has 0 bridgehead atoms. The Labute approximate surface area is 82.6 Å². The standard InChI is InChI=1S/C7H16N6O/c1-3-5(14)11-7(6(8)12-9)13(10)4-2/h3-4,9-10H2,1-2H3,(H2,8,12). The van der Waals surface area contributed by atoms with E-state index in [1.165, 1.54) is 5.01 Å². The van der Waals surface area contributed by atoms with Crippen molar-refractivity contribution < 1.29 is 4.79 Å². The number of hydrazine groups is 1. The third-order valence-corrected chi connectivity index (χ3v) is 1.51. The van der Waals surface area contributed by atoms with Crippen molar-refractivity contribution in [3.8, 4) is 0 Å². The maximum absolute atomic E-state index is 11.0. The number of amides is 1. The molecule has 80 valence electrons. The highest BCUT2D eigenvalue weighted by Gasteiger charge is 2.11. The van der Waals surface area contributed by atoms with E-state index in [2.05, 4.69) is 10.1 Å². The average molecular weight is 200 g/mol. The Balaban J connectivity index is 4.90. The van der Waals surface area contributed by atoms with Crippen LogP contribution in [0.1, 0.15) is 20.3 Å². The molecule has 0 aromatic heterocycles. The number of aliphatic imine (C=N–C) groups is 1. The molecule has 0 aliphatic rings. The maximum atomic E-state index is 11.0. The minimum Gasteiger partial charge on any atom is -0.379 e. The zero-order chi connectivity index (χ0) is 11.1. The van der Waals surface area contributed by atoms with Crippen LogP contribution in [0.15, 0.2) is 10.1 Å². The molecule has 0 spiro atoms. The van der Waals surface area contributed by atoms with Crippen molar-refractivity contribution in [1.29, 1.82) is 0 Å². The molecule has 7 heteroatoms. The number of amidine groups is 2. The third-order valence-electron chi connectivity index (χ3n) is 1.51. The zero-order valence-corrected chi connectivity index (χ0v) is 8.40. The van der Waals surface area contributed by atoms with Crippen molar-refractivity contribution in [2.75, 3.05) is 6.54 Å². The van der Waals surface area contributed by atoms with Crippen LogP contribution in [-0.2, 0) is 4.79 Å². The maximum Gasteiger partial charge on any atom is 0.247 e. The first-order chi connectivity index (χ1) is 6.56. The molecule has 6 N–H and O–H groups in total. The van der Waals surface area contributed by atoms with Crippen LogP contribution in [0.25, 0.3) is 0 Å². The largest absolute Gasteiger partial charge is 0.379 e. The summed E-state index contributed by atoms with van der Waals surface area (Å²) >= 11 is 0. The lowest BCUT2D eigenvalue weighted by Crippen LogP contribution is -2.45. The van der Waals surface area contributed by atoms with Crippen LogP contribution in [0.5, 0.6) is 0 Å². The summed E-state index contributed by atoms with van der Waals surface area (Å²) in [6, 6.07) is 0. The van der Waals surface area contributed by atoms with Gasteiger partial charge < -0.3 is 11.6 Å². The van der Waals surface area contributed by atoms with E-state index >= 15 is 0 Å². The van der Waals surface area contributed by atoms with Gasteiger partial charge in [-0.2, -0.15) is 10.1 Å². The Bertz CT molecular complexity index is 259. The summed E-state index contributed by atoms with van der Waals surface area (Å²) in [6.45, 7) is 3.92. The molecule has 14 heavy (non-hydrogen) atoms. The van der Waals surface area contributed by atoms with E-state index in [4.69, 9.17) is 17.4 Å². The van der Waals surface area contributed by atoms with E-state index in [-0.39, 0.29) is 24.0 Å². The van der Waals surface area contributed by atoms with E-state index in [0.717, 1.165) is 0 Å². The van der Waals surface area contributed by atoms with Crippen LogP contribution in [0, 0.1) is 0 Å². The van der Waals surface area contributed by atoms with Crippen molar-refractivity contribution >= 4 is 17.6 Å². The topological polar surface area (TPSA) is 123 Å². The van der Waals surface area contributed by atoms with Crippen molar-refractivity contribution in [2.24, 2.45) is 27.5 Å². The lowest BCUT2D eigenvalue weighted by Gasteiger charge is -2.16. The predicted octanol–water partition coefficient (Wildman–Crippen LogP) is -1.25. The van der Waals surface area contributed by atoms with Crippen LogP contribution >= 0.6 is 0 Å². The highest BCUT2D eigenvalue weighted by Crippen LogP contribution is 1.90. The molecule has 0 rings (SSSR count). The van der Waals surface area contributed by atoms with E-state index < -0.39 is 0 Å². The molecule has 0 atom stereocenters. The second-order valence-electron chi connectivity index (χ2n) is 2.48. The van der Waals surface area contributed by atoms with Gasteiger partial charge in [-0.15, -0.1) is 0 Å². The Morgan fingerprint density at radius 3 is 2.36 bits per heavy atom. The van der Waals surface area contributed by atoms with Gasteiger partial charge in [-0.05, 0) is 6.92 Å². The van der Waals surface area contributed by atoms with E-state index in [0.29, 0.717) is 6.54 Å². The number of hydrogen-bond acceptors (Lipinski definition) is 4. The summed E-state index contributed by atoms with van der Waals surface area (Å²) in [5, 5.41) is 4.44. The van der Waals surface area contributed by atoms with Gasteiger partial charge in [0.1, 0.15) is 0 Å². The normalized spacial score (nSPS) is 12.8.